The van der Waals surface area contributed by atoms with E-state index >= 15 is 0 Å². The summed E-state index contributed by atoms with van der Waals surface area (Å²) < 4.78 is 13.2. The first-order valence-corrected chi connectivity index (χ1v) is 8.63. The van der Waals surface area contributed by atoms with Crippen LogP contribution in [0.1, 0.15) is 5.56 Å². The first-order chi connectivity index (χ1) is 12.2. The van der Waals surface area contributed by atoms with Crippen LogP contribution in [0.25, 0.3) is 22.2 Å². The Kier molecular flexibility index (Phi) is 4.03. The molecule has 2 aromatic heterocycles. The third-order valence-electron chi connectivity index (χ3n) is 3.87. The molecule has 0 radical (unpaired) electrons. The number of nitrogens with one attached hydrogen (secondary N) is 2. The number of carbonyl (C=O) groups is 1. The van der Waals surface area contributed by atoms with Gasteiger partial charge < -0.3 is 10.3 Å². The summed E-state index contributed by atoms with van der Waals surface area (Å²) in [4.78, 5) is 19.8. The average molecular weight is 351 g/mol. The number of thiazole rings is 1. The minimum absolute atomic E-state index is 0.111. The van der Waals surface area contributed by atoms with Crippen LogP contribution in [0.5, 0.6) is 0 Å². The number of aromatic nitrogens is 2. The molecule has 25 heavy (non-hydrogen) atoms. The fraction of sp³-hybridized carbons (Fsp3) is 0.0526. The highest BCUT2D eigenvalue weighted by Gasteiger charge is 2.12. The van der Waals surface area contributed by atoms with Gasteiger partial charge in [0.05, 0.1) is 12.1 Å². The summed E-state index contributed by atoms with van der Waals surface area (Å²) in [5.41, 5.74) is 3.48. The number of carbonyl (C=O) groups excluding carboxylic acids is 1. The minimum atomic E-state index is -0.346. The molecule has 0 saturated heterocycles. The van der Waals surface area contributed by atoms with Gasteiger partial charge in [0, 0.05) is 28.0 Å². The quantitative estimate of drug-likeness (QED) is 0.564. The fourth-order valence-corrected chi connectivity index (χ4v) is 3.46. The predicted molar refractivity (Wildman–Crippen MR) is 98.1 cm³/mol. The second-order valence-electron chi connectivity index (χ2n) is 5.64. The van der Waals surface area contributed by atoms with Crippen LogP contribution in [-0.2, 0) is 11.2 Å². The van der Waals surface area contributed by atoms with E-state index in [0.717, 1.165) is 22.2 Å². The van der Waals surface area contributed by atoms with Crippen molar-refractivity contribution in [1.82, 2.24) is 9.97 Å². The molecule has 0 fully saturated rings. The molecule has 6 heteroatoms. The molecule has 4 nitrogen and oxygen atoms in total. The second kappa shape index (κ2) is 6.49. The summed E-state index contributed by atoms with van der Waals surface area (Å²) in [6, 6.07) is 14.0. The summed E-state index contributed by atoms with van der Waals surface area (Å²) in [7, 11) is 0. The molecule has 0 atom stereocenters. The lowest BCUT2D eigenvalue weighted by Gasteiger charge is -2.02. The number of fused-ring (bicyclic) bond motifs is 1. The molecule has 0 aliphatic rings. The molecular weight excluding hydrogens is 337 g/mol. The molecule has 0 unspecified atom stereocenters. The molecule has 2 aromatic carbocycles. The Morgan fingerprint density at radius 1 is 1.20 bits per heavy atom. The topological polar surface area (TPSA) is 57.8 Å². The van der Waals surface area contributed by atoms with E-state index in [1.165, 1.54) is 23.5 Å². The molecular formula is C19H14FN3OS. The number of halogens is 1. The van der Waals surface area contributed by atoms with Crippen molar-refractivity contribution < 1.29 is 9.18 Å². The van der Waals surface area contributed by atoms with Crippen LogP contribution < -0.4 is 5.32 Å². The molecule has 0 saturated carbocycles. The number of aromatic amines is 1. The van der Waals surface area contributed by atoms with Crippen molar-refractivity contribution in [2.45, 2.75) is 6.42 Å². The number of H-pyrrole nitrogens is 1. The Hall–Kier alpha value is -2.99. The minimum Gasteiger partial charge on any atom is -0.360 e. The number of rotatable bonds is 4. The summed E-state index contributed by atoms with van der Waals surface area (Å²) in [5.74, 6) is -0.563. The van der Waals surface area contributed by atoms with Crippen molar-refractivity contribution in [2.24, 2.45) is 0 Å². The van der Waals surface area contributed by atoms with Gasteiger partial charge in [-0.1, -0.05) is 30.3 Å². The third kappa shape index (κ3) is 3.29. The lowest BCUT2D eigenvalue weighted by atomic mass is 10.1. The maximum absolute atomic E-state index is 13.2. The number of benzene rings is 2. The van der Waals surface area contributed by atoms with Crippen LogP contribution >= 0.6 is 11.3 Å². The molecule has 2 N–H and O–H groups in total. The van der Waals surface area contributed by atoms with E-state index in [2.05, 4.69) is 15.3 Å². The smallest absolute Gasteiger partial charge is 0.230 e. The van der Waals surface area contributed by atoms with Crippen molar-refractivity contribution >= 4 is 33.3 Å². The standard InChI is InChI=1S/C19H14FN3OS/c20-13-5-3-4-12(8-13)9-18(24)23-19-22-17(11-25-19)15-10-21-16-7-2-1-6-14(15)16/h1-8,10-11,21H,9H2,(H,22,23,24). The van der Waals surface area contributed by atoms with Gasteiger partial charge in [-0.15, -0.1) is 11.3 Å². The van der Waals surface area contributed by atoms with Gasteiger partial charge in [-0.05, 0) is 23.8 Å². The van der Waals surface area contributed by atoms with E-state index in [0.29, 0.717) is 10.7 Å². The second-order valence-corrected chi connectivity index (χ2v) is 6.50. The van der Waals surface area contributed by atoms with Gasteiger partial charge in [0.15, 0.2) is 5.13 Å². The lowest BCUT2D eigenvalue weighted by molar-refractivity contribution is -0.115. The first-order valence-electron chi connectivity index (χ1n) is 7.75. The number of para-hydroxylation sites is 1. The number of hydrogen-bond acceptors (Lipinski definition) is 3. The summed E-state index contributed by atoms with van der Waals surface area (Å²) >= 11 is 1.37. The van der Waals surface area contributed by atoms with Crippen molar-refractivity contribution in [1.29, 1.82) is 0 Å². The van der Waals surface area contributed by atoms with E-state index in [1.807, 2.05) is 35.8 Å². The summed E-state index contributed by atoms with van der Waals surface area (Å²) in [5, 5.41) is 6.30. The van der Waals surface area contributed by atoms with Crippen LogP contribution in [0.15, 0.2) is 60.1 Å². The lowest BCUT2D eigenvalue weighted by Crippen LogP contribution is -2.14. The van der Waals surface area contributed by atoms with E-state index < -0.39 is 0 Å². The van der Waals surface area contributed by atoms with Crippen LogP contribution in [0.2, 0.25) is 0 Å². The Morgan fingerprint density at radius 2 is 2.08 bits per heavy atom. The SMILES string of the molecule is O=C(Cc1cccc(F)c1)Nc1nc(-c2c[nH]c3ccccc23)cs1. The molecule has 1 amide bonds. The first kappa shape index (κ1) is 15.5. The van der Waals surface area contributed by atoms with E-state index in [-0.39, 0.29) is 18.1 Å². The van der Waals surface area contributed by atoms with Gasteiger partial charge in [-0.2, -0.15) is 0 Å². The molecule has 0 spiro atoms. The van der Waals surface area contributed by atoms with Gasteiger partial charge >= 0.3 is 0 Å². The number of amides is 1. The molecule has 0 aliphatic carbocycles. The summed E-state index contributed by atoms with van der Waals surface area (Å²) in [6.07, 6.45) is 2.03. The van der Waals surface area contributed by atoms with Crippen molar-refractivity contribution in [2.75, 3.05) is 5.32 Å². The Morgan fingerprint density at radius 3 is 2.96 bits per heavy atom. The Bertz CT molecular complexity index is 1050. The average Bonchev–Trinajstić information content (AvgIpc) is 3.21. The zero-order valence-corrected chi connectivity index (χ0v) is 13.9. The van der Waals surface area contributed by atoms with E-state index in [1.54, 1.807) is 12.1 Å². The van der Waals surface area contributed by atoms with Crippen molar-refractivity contribution in [3.05, 3.63) is 71.5 Å². The zero-order valence-electron chi connectivity index (χ0n) is 13.1. The van der Waals surface area contributed by atoms with Crippen LogP contribution in [0.3, 0.4) is 0 Å². The predicted octanol–water partition coefficient (Wildman–Crippen LogP) is 4.61. The van der Waals surface area contributed by atoms with Crippen molar-refractivity contribution in [3.8, 4) is 11.3 Å². The Balaban J connectivity index is 1.50. The molecule has 0 aliphatic heterocycles. The van der Waals surface area contributed by atoms with Crippen LogP contribution in [0.4, 0.5) is 9.52 Å². The maximum atomic E-state index is 13.2. The van der Waals surface area contributed by atoms with E-state index in [9.17, 15) is 9.18 Å². The van der Waals surface area contributed by atoms with Crippen molar-refractivity contribution in [3.63, 3.8) is 0 Å². The highest BCUT2D eigenvalue weighted by molar-refractivity contribution is 7.14. The molecule has 0 bridgehead atoms. The highest BCUT2D eigenvalue weighted by Crippen LogP contribution is 2.30. The van der Waals surface area contributed by atoms with Gasteiger partial charge in [0.1, 0.15) is 5.82 Å². The largest absolute Gasteiger partial charge is 0.360 e. The number of anilines is 1. The number of hydrogen-bond donors (Lipinski definition) is 2. The molecule has 4 aromatic rings. The number of nitrogens with zero attached hydrogens (tertiary/aromatic N) is 1. The fourth-order valence-electron chi connectivity index (χ4n) is 2.73. The van der Waals surface area contributed by atoms with Gasteiger partial charge in [-0.25, -0.2) is 9.37 Å². The van der Waals surface area contributed by atoms with Gasteiger partial charge in [0.25, 0.3) is 0 Å². The van der Waals surface area contributed by atoms with Crippen LogP contribution in [0, 0.1) is 5.82 Å². The molecule has 2 heterocycles. The van der Waals surface area contributed by atoms with Gasteiger partial charge in [0.2, 0.25) is 5.91 Å². The highest BCUT2D eigenvalue weighted by atomic mass is 32.1. The molecule has 4 rings (SSSR count). The van der Waals surface area contributed by atoms with Crippen LogP contribution in [-0.4, -0.2) is 15.9 Å². The molecule has 124 valence electrons. The zero-order chi connectivity index (χ0) is 17.2. The summed E-state index contributed by atoms with van der Waals surface area (Å²) in [6.45, 7) is 0. The normalized spacial score (nSPS) is 10.9. The monoisotopic (exact) mass is 351 g/mol. The van der Waals surface area contributed by atoms with Gasteiger partial charge in [-0.3, -0.25) is 4.79 Å². The Labute approximate surface area is 147 Å². The van der Waals surface area contributed by atoms with E-state index in [4.69, 9.17) is 0 Å². The maximum Gasteiger partial charge on any atom is 0.230 e. The third-order valence-corrected chi connectivity index (χ3v) is 4.63.